The molecule has 1 rings (SSSR count). The van der Waals surface area contributed by atoms with E-state index in [4.69, 9.17) is 9.47 Å². The first-order chi connectivity index (χ1) is 8.73. The van der Waals surface area contributed by atoms with Crippen LogP contribution in [0, 0.1) is 0 Å². The van der Waals surface area contributed by atoms with Gasteiger partial charge in [0.2, 0.25) is 5.91 Å². The van der Waals surface area contributed by atoms with Crippen LogP contribution in [0.25, 0.3) is 0 Å². The highest BCUT2D eigenvalue weighted by atomic mass is 16.6. The van der Waals surface area contributed by atoms with Crippen LogP contribution >= 0.6 is 0 Å². The van der Waals surface area contributed by atoms with E-state index in [-0.39, 0.29) is 18.6 Å². The van der Waals surface area contributed by atoms with E-state index in [0.717, 1.165) is 0 Å². The van der Waals surface area contributed by atoms with Crippen molar-refractivity contribution in [2.75, 3.05) is 33.3 Å². The molecule has 0 aromatic heterocycles. The summed E-state index contributed by atoms with van der Waals surface area (Å²) in [5.74, 6) is -0.0685. The lowest BCUT2D eigenvalue weighted by molar-refractivity contribution is -0.137. The number of carbonyl (C=O) groups excluding carboxylic acids is 2. The van der Waals surface area contributed by atoms with Crippen LogP contribution in [0.5, 0.6) is 0 Å². The third-order valence-electron chi connectivity index (χ3n) is 2.85. The van der Waals surface area contributed by atoms with Crippen molar-refractivity contribution < 1.29 is 19.1 Å². The fourth-order valence-electron chi connectivity index (χ4n) is 1.77. The van der Waals surface area contributed by atoms with Crippen molar-refractivity contribution in [3.8, 4) is 0 Å². The van der Waals surface area contributed by atoms with Crippen LogP contribution in [0.1, 0.15) is 27.7 Å². The largest absolute Gasteiger partial charge is 0.444 e. The lowest BCUT2D eigenvalue weighted by Gasteiger charge is -2.36. The van der Waals surface area contributed by atoms with Gasteiger partial charge in [-0.1, -0.05) is 0 Å². The Balaban J connectivity index is 2.49. The maximum Gasteiger partial charge on any atom is 0.410 e. The molecule has 0 saturated carbocycles. The van der Waals surface area contributed by atoms with Crippen LogP contribution in [-0.4, -0.2) is 66.8 Å². The molecule has 0 aromatic rings. The number of rotatable bonds is 3. The Hall–Kier alpha value is -1.30. The normalized spacial score (nSPS) is 18.5. The molecule has 1 saturated heterocycles. The number of ether oxygens (including phenoxy) is 2. The van der Waals surface area contributed by atoms with Gasteiger partial charge in [-0.15, -0.1) is 0 Å². The summed E-state index contributed by atoms with van der Waals surface area (Å²) >= 11 is 0. The highest BCUT2D eigenvalue weighted by molar-refractivity contribution is 5.83. The molecular formula is C13H24N2O4. The van der Waals surface area contributed by atoms with Gasteiger partial charge >= 0.3 is 6.09 Å². The molecule has 1 unspecified atom stereocenters. The van der Waals surface area contributed by atoms with Crippen molar-refractivity contribution in [2.45, 2.75) is 39.4 Å². The quantitative estimate of drug-likeness (QED) is 0.772. The fraction of sp³-hybridized carbons (Fsp3) is 0.846. The van der Waals surface area contributed by atoms with Crippen molar-refractivity contribution in [1.29, 1.82) is 0 Å². The molecule has 110 valence electrons. The molecule has 0 aliphatic carbocycles. The van der Waals surface area contributed by atoms with Crippen molar-refractivity contribution in [1.82, 2.24) is 9.80 Å². The maximum atomic E-state index is 11.9. The lowest BCUT2D eigenvalue weighted by Crippen LogP contribution is -2.54. The molecule has 1 heterocycles. The SMILES string of the molecule is COC(C)CN1CCN(C(=O)OC(C)(C)C)CC1=O. The van der Waals surface area contributed by atoms with E-state index in [1.807, 2.05) is 27.7 Å². The molecular weight excluding hydrogens is 248 g/mol. The average Bonchev–Trinajstić information content (AvgIpc) is 2.29. The predicted molar refractivity (Wildman–Crippen MR) is 70.9 cm³/mol. The summed E-state index contributed by atoms with van der Waals surface area (Å²) in [7, 11) is 1.62. The van der Waals surface area contributed by atoms with Crippen molar-refractivity contribution in [2.24, 2.45) is 0 Å². The molecule has 0 bridgehead atoms. The topological polar surface area (TPSA) is 59.1 Å². The first-order valence-electron chi connectivity index (χ1n) is 6.51. The molecule has 1 aliphatic rings. The van der Waals surface area contributed by atoms with E-state index in [9.17, 15) is 9.59 Å². The van der Waals surface area contributed by atoms with Gasteiger partial charge in [0.25, 0.3) is 0 Å². The molecule has 0 spiro atoms. The summed E-state index contributed by atoms with van der Waals surface area (Å²) in [6.07, 6.45) is -0.433. The standard InChI is InChI=1S/C13H24N2O4/c1-10(18-5)8-14-6-7-15(9-11(14)16)12(17)19-13(2,3)4/h10H,6-9H2,1-5H3. The number of hydrogen-bond donors (Lipinski definition) is 0. The Kier molecular flexibility index (Phi) is 5.17. The van der Waals surface area contributed by atoms with Gasteiger partial charge in [-0.05, 0) is 27.7 Å². The molecule has 0 N–H and O–H groups in total. The van der Waals surface area contributed by atoms with E-state index in [1.54, 1.807) is 12.0 Å². The Morgan fingerprint density at radius 2 is 2.00 bits per heavy atom. The predicted octanol–water partition coefficient (Wildman–Crippen LogP) is 1.10. The second kappa shape index (κ2) is 6.23. The molecule has 19 heavy (non-hydrogen) atoms. The van der Waals surface area contributed by atoms with Gasteiger partial charge in [-0.25, -0.2) is 4.79 Å². The number of methoxy groups -OCH3 is 1. The molecule has 1 aliphatic heterocycles. The first-order valence-corrected chi connectivity index (χ1v) is 6.51. The third kappa shape index (κ3) is 5.06. The summed E-state index contributed by atoms with van der Waals surface area (Å²) in [6.45, 7) is 8.98. The summed E-state index contributed by atoms with van der Waals surface area (Å²) in [5.41, 5.74) is -0.540. The van der Waals surface area contributed by atoms with Gasteiger partial charge in [-0.3, -0.25) is 9.69 Å². The van der Waals surface area contributed by atoms with Crippen molar-refractivity contribution in [3.05, 3.63) is 0 Å². The lowest BCUT2D eigenvalue weighted by atomic mass is 10.2. The highest BCUT2D eigenvalue weighted by Gasteiger charge is 2.30. The van der Waals surface area contributed by atoms with Crippen LogP contribution in [0.2, 0.25) is 0 Å². The smallest absolute Gasteiger partial charge is 0.410 e. The van der Waals surface area contributed by atoms with E-state index < -0.39 is 11.7 Å². The van der Waals surface area contributed by atoms with Crippen LogP contribution in [0.15, 0.2) is 0 Å². The van der Waals surface area contributed by atoms with E-state index in [0.29, 0.717) is 19.6 Å². The molecule has 6 nitrogen and oxygen atoms in total. The van der Waals surface area contributed by atoms with Gasteiger partial charge in [0.1, 0.15) is 12.1 Å². The fourth-order valence-corrected chi connectivity index (χ4v) is 1.77. The van der Waals surface area contributed by atoms with Crippen LogP contribution in [0.4, 0.5) is 4.79 Å². The van der Waals surface area contributed by atoms with Gasteiger partial charge < -0.3 is 14.4 Å². The Labute approximate surface area is 114 Å². The Bertz CT molecular complexity index is 338. The van der Waals surface area contributed by atoms with E-state index in [2.05, 4.69) is 0 Å². The number of hydrogen-bond acceptors (Lipinski definition) is 4. The molecule has 0 aromatic carbocycles. The third-order valence-corrected chi connectivity index (χ3v) is 2.85. The van der Waals surface area contributed by atoms with Gasteiger partial charge in [0.15, 0.2) is 0 Å². The summed E-state index contributed by atoms with van der Waals surface area (Å²) < 4.78 is 10.4. The highest BCUT2D eigenvalue weighted by Crippen LogP contribution is 2.12. The monoisotopic (exact) mass is 272 g/mol. The number of nitrogens with zero attached hydrogens (tertiary/aromatic N) is 2. The van der Waals surface area contributed by atoms with Crippen LogP contribution in [-0.2, 0) is 14.3 Å². The minimum atomic E-state index is -0.540. The van der Waals surface area contributed by atoms with Gasteiger partial charge in [-0.2, -0.15) is 0 Å². The number of piperazine rings is 1. The summed E-state index contributed by atoms with van der Waals surface area (Å²) in [4.78, 5) is 27.0. The Morgan fingerprint density at radius 3 is 2.47 bits per heavy atom. The summed E-state index contributed by atoms with van der Waals surface area (Å²) in [6, 6.07) is 0. The molecule has 1 atom stereocenters. The second-order valence-corrected chi connectivity index (χ2v) is 5.79. The first kappa shape index (κ1) is 15.8. The zero-order chi connectivity index (χ0) is 14.6. The van der Waals surface area contributed by atoms with Gasteiger partial charge in [0.05, 0.1) is 6.10 Å². The van der Waals surface area contributed by atoms with Crippen LogP contribution in [0.3, 0.4) is 0 Å². The van der Waals surface area contributed by atoms with Crippen molar-refractivity contribution in [3.63, 3.8) is 0 Å². The number of amides is 2. The molecule has 0 radical (unpaired) electrons. The minimum absolute atomic E-state index is 0.00275. The van der Waals surface area contributed by atoms with Gasteiger partial charge in [0, 0.05) is 26.7 Å². The minimum Gasteiger partial charge on any atom is -0.444 e. The Morgan fingerprint density at radius 1 is 1.37 bits per heavy atom. The average molecular weight is 272 g/mol. The number of carbonyl (C=O) groups is 2. The van der Waals surface area contributed by atoms with E-state index >= 15 is 0 Å². The second-order valence-electron chi connectivity index (χ2n) is 5.79. The molecule has 2 amide bonds. The summed E-state index contributed by atoms with van der Waals surface area (Å²) in [5, 5.41) is 0. The molecule has 1 fully saturated rings. The van der Waals surface area contributed by atoms with Crippen LogP contribution < -0.4 is 0 Å². The van der Waals surface area contributed by atoms with Crippen molar-refractivity contribution >= 4 is 12.0 Å². The zero-order valence-corrected chi connectivity index (χ0v) is 12.4. The molecule has 6 heteroatoms. The zero-order valence-electron chi connectivity index (χ0n) is 12.4. The van der Waals surface area contributed by atoms with E-state index in [1.165, 1.54) is 4.90 Å². The maximum absolute atomic E-state index is 11.9.